The normalized spacial score (nSPS) is 11.8. The van der Waals surface area contributed by atoms with Gasteiger partial charge in [-0.15, -0.1) is 0 Å². The highest BCUT2D eigenvalue weighted by Gasteiger charge is 2.20. The van der Waals surface area contributed by atoms with Crippen LogP contribution in [0.15, 0.2) is 27.6 Å². The van der Waals surface area contributed by atoms with Crippen molar-refractivity contribution in [1.29, 1.82) is 0 Å². The second kappa shape index (κ2) is 6.00. The summed E-state index contributed by atoms with van der Waals surface area (Å²) in [5.41, 5.74) is 5.06. The molecule has 21 heavy (non-hydrogen) atoms. The van der Waals surface area contributed by atoms with Gasteiger partial charge in [0.05, 0.1) is 23.5 Å². The van der Waals surface area contributed by atoms with Gasteiger partial charge >= 0.3 is 0 Å². The number of benzene rings is 1. The Morgan fingerprint density at radius 2 is 2.19 bits per heavy atom. The minimum absolute atomic E-state index is 0.143. The maximum absolute atomic E-state index is 13.2. The molecule has 3 N–H and O–H groups in total. The molecule has 0 atom stereocenters. The van der Waals surface area contributed by atoms with Crippen LogP contribution in [0.1, 0.15) is 18.6 Å². The smallest absolute Gasteiger partial charge is 0.242 e. The Labute approximate surface area is 126 Å². The Morgan fingerprint density at radius 1 is 1.48 bits per heavy atom. The molecule has 2 rings (SSSR count). The van der Waals surface area contributed by atoms with Gasteiger partial charge in [-0.3, -0.25) is 0 Å². The molecule has 0 aliphatic rings. The van der Waals surface area contributed by atoms with Crippen molar-refractivity contribution in [3.63, 3.8) is 0 Å². The lowest BCUT2D eigenvalue weighted by molar-refractivity contribution is 0.452. The number of sulfonamides is 1. The Hall–Kier alpha value is -1.64. The fourth-order valence-corrected chi connectivity index (χ4v) is 3.10. The number of hydrogen-bond donors (Lipinski definition) is 2. The van der Waals surface area contributed by atoms with Crippen LogP contribution in [0.4, 0.5) is 10.1 Å². The van der Waals surface area contributed by atoms with Crippen LogP contribution in [-0.4, -0.2) is 13.4 Å². The van der Waals surface area contributed by atoms with E-state index in [4.69, 9.17) is 21.8 Å². The number of anilines is 1. The monoisotopic (exact) mass is 333 g/mol. The summed E-state index contributed by atoms with van der Waals surface area (Å²) < 4.78 is 45.0. The van der Waals surface area contributed by atoms with E-state index >= 15 is 0 Å². The van der Waals surface area contributed by atoms with E-state index in [2.05, 4.69) is 9.71 Å². The van der Waals surface area contributed by atoms with Crippen LogP contribution in [0.25, 0.3) is 0 Å². The van der Waals surface area contributed by atoms with E-state index < -0.39 is 15.8 Å². The summed E-state index contributed by atoms with van der Waals surface area (Å²) in [4.78, 5) is 3.63. The van der Waals surface area contributed by atoms with Crippen LogP contribution in [-0.2, 0) is 23.0 Å². The molecule has 6 nitrogen and oxygen atoms in total. The van der Waals surface area contributed by atoms with E-state index in [1.165, 1.54) is 6.20 Å². The zero-order valence-electron chi connectivity index (χ0n) is 11.1. The SMILES string of the molecule is CCc1cnc(CNS(=O)(=O)c2cc(N)c(F)cc2Cl)o1. The van der Waals surface area contributed by atoms with Crippen molar-refractivity contribution in [1.82, 2.24) is 9.71 Å². The third-order valence-electron chi connectivity index (χ3n) is 2.70. The molecule has 0 saturated carbocycles. The van der Waals surface area contributed by atoms with Crippen molar-refractivity contribution >= 4 is 27.3 Å². The lowest BCUT2D eigenvalue weighted by Gasteiger charge is -2.08. The number of nitrogens with two attached hydrogens (primary N) is 1. The average Bonchev–Trinajstić information content (AvgIpc) is 2.88. The number of oxazole rings is 1. The van der Waals surface area contributed by atoms with Gasteiger partial charge in [0.1, 0.15) is 16.5 Å². The van der Waals surface area contributed by atoms with Crippen molar-refractivity contribution in [2.24, 2.45) is 0 Å². The van der Waals surface area contributed by atoms with Gasteiger partial charge in [0.2, 0.25) is 15.9 Å². The highest BCUT2D eigenvalue weighted by atomic mass is 35.5. The second-order valence-electron chi connectivity index (χ2n) is 4.20. The molecule has 9 heteroatoms. The van der Waals surface area contributed by atoms with Crippen LogP contribution >= 0.6 is 11.6 Å². The van der Waals surface area contributed by atoms with Gasteiger partial charge in [0.25, 0.3) is 0 Å². The second-order valence-corrected chi connectivity index (χ2v) is 6.35. The van der Waals surface area contributed by atoms with E-state index in [1.54, 1.807) is 0 Å². The predicted molar refractivity (Wildman–Crippen MR) is 75.7 cm³/mol. The van der Waals surface area contributed by atoms with Crippen LogP contribution in [0.3, 0.4) is 0 Å². The van der Waals surface area contributed by atoms with Crippen LogP contribution in [0, 0.1) is 5.82 Å². The quantitative estimate of drug-likeness (QED) is 0.816. The summed E-state index contributed by atoms with van der Waals surface area (Å²) in [5.74, 6) is 0.0918. The molecule has 0 unspecified atom stereocenters. The first-order chi connectivity index (χ1) is 9.83. The highest BCUT2D eigenvalue weighted by molar-refractivity contribution is 7.89. The molecular formula is C12H13ClFN3O3S. The van der Waals surface area contributed by atoms with Crippen molar-refractivity contribution in [2.75, 3.05) is 5.73 Å². The number of hydrogen-bond acceptors (Lipinski definition) is 5. The minimum Gasteiger partial charge on any atom is -0.444 e. The van der Waals surface area contributed by atoms with E-state index in [0.29, 0.717) is 12.2 Å². The molecule has 1 heterocycles. The largest absolute Gasteiger partial charge is 0.444 e. The van der Waals surface area contributed by atoms with Gasteiger partial charge in [-0.25, -0.2) is 22.5 Å². The molecule has 0 bridgehead atoms. The van der Waals surface area contributed by atoms with Crippen molar-refractivity contribution in [3.8, 4) is 0 Å². The first-order valence-electron chi connectivity index (χ1n) is 6.01. The van der Waals surface area contributed by atoms with Crippen LogP contribution in [0.5, 0.6) is 0 Å². The van der Waals surface area contributed by atoms with Gasteiger partial charge in [-0.1, -0.05) is 18.5 Å². The zero-order valence-corrected chi connectivity index (χ0v) is 12.6. The van der Waals surface area contributed by atoms with Crippen molar-refractivity contribution in [2.45, 2.75) is 24.8 Å². The molecule has 0 spiro atoms. The third-order valence-corrected chi connectivity index (χ3v) is 4.57. The fourth-order valence-electron chi connectivity index (χ4n) is 1.58. The molecule has 0 fully saturated rings. The minimum atomic E-state index is -3.95. The molecule has 0 amide bonds. The third kappa shape index (κ3) is 3.52. The number of nitrogens with one attached hydrogen (secondary N) is 1. The first kappa shape index (κ1) is 15.7. The van der Waals surface area contributed by atoms with Gasteiger partial charge in [-0.05, 0) is 12.1 Å². The maximum Gasteiger partial charge on any atom is 0.242 e. The van der Waals surface area contributed by atoms with Crippen molar-refractivity contribution < 1.29 is 17.2 Å². The summed E-state index contributed by atoms with van der Waals surface area (Å²) >= 11 is 5.74. The summed E-state index contributed by atoms with van der Waals surface area (Å²) in [6.07, 6.45) is 2.17. The Morgan fingerprint density at radius 3 is 2.81 bits per heavy atom. The number of halogens is 2. The molecule has 0 aliphatic heterocycles. The molecule has 2 aromatic rings. The van der Waals surface area contributed by atoms with Gasteiger partial charge in [0, 0.05) is 6.42 Å². The lowest BCUT2D eigenvalue weighted by atomic mass is 10.3. The predicted octanol–water partition coefficient (Wildman–Crippen LogP) is 2.09. The molecule has 0 radical (unpaired) electrons. The number of nitrogen functional groups attached to an aromatic ring is 1. The Bertz CT molecular complexity index is 761. The average molecular weight is 334 g/mol. The summed E-state index contributed by atoms with van der Waals surface area (Å²) in [7, 11) is -3.95. The topological polar surface area (TPSA) is 98.2 Å². The number of aromatic nitrogens is 1. The Balaban J connectivity index is 2.20. The molecule has 114 valence electrons. The molecule has 1 aromatic carbocycles. The summed E-state index contributed by atoms with van der Waals surface area (Å²) in [6.45, 7) is 1.74. The fraction of sp³-hybridized carbons (Fsp3) is 0.250. The van der Waals surface area contributed by atoms with E-state index in [1.807, 2.05) is 6.92 Å². The van der Waals surface area contributed by atoms with Crippen LogP contribution < -0.4 is 10.5 Å². The van der Waals surface area contributed by atoms with E-state index in [-0.39, 0.29) is 28.0 Å². The van der Waals surface area contributed by atoms with E-state index in [9.17, 15) is 12.8 Å². The van der Waals surface area contributed by atoms with Gasteiger partial charge in [0.15, 0.2) is 0 Å². The number of rotatable bonds is 5. The molecule has 1 aromatic heterocycles. The molecular weight excluding hydrogens is 321 g/mol. The van der Waals surface area contributed by atoms with Crippen LogP contribution in [0.2, 0.25) is 5.02 Å². The first-order valence-corrected chi connectivity index (χ1v) is 7.87. The zero-order chi connectivity index (χ0) is 15.6. The number of nitrogens with zero attached hydrogens (tertiary/aromatic N) is 1. The lowest BCUT2D eigenvalue weighted by Crippen LogP contribution is -2.24. The van der Waals surface area contributed by atoms with E-state index in [0.717, 1.165) is 12.1 Å². The standard InChI is InChI=1S/C12H13ClFN3O3S/c1-2-7-5-16-12(20-7)6-17-21(18,19)11-4-10(15)9(14)3-8(11)13/h3-5,17H,2,6,15H2,1H3. The van der Waals surface area contributed by atoms with Gasteiger partial charge in [-0.2, -0.15) is 0 Å². The highest BCUT2D eigenvalue weighted by Crippen LogP contribution is 2.26. The number of aryl methyl sites for hydroxylation is 1. The van der Waals surface area contributed by atoms with Crippen molar-refractivity contribution in [3.05, 3.63) is 40.8 Å². The molecule has 0 aliphatic carbocycles. The van der Waals surface area contributed by atoms with Gasteiger partial charge < -0.3 is 10.2 Å². The summed E-state index contributed by atoms with van der Waals surface area (Å²) in [6, 6.07) is 1.82. The maximum atomic E-state index is 13.2. The Kier molecular flexibility index (Phi) is 4.50. The summed E-state index contributed by atoms with van der Waals surface area (Å²) in [5, 5.41) is -0.254. The molecule has 0 saturated heterocycles.